The minimum atomic E-state index is -0.322. The number of likely N-dealkylation sites (N-methyl/N-ethyl adjacent to an activating group) is 1. The molecule has 0 aliphatic carbocycles. The molecule has 1 heterocycles. The number of hydrogen-bond acceptors (Lipinski definition) is 3. The van der Waals surface area contributed by atoms with E-state index in [9.17, 15) is 13.6 Å². The third-order valence-electron chi connectivity index (χ3n) is 6.04. The normalized spacial score (nSPS) is 14.9. The van der Waals surface area contributed by atoms with Crippen LogP contribution in [-0.2, 0) is 24.3 Å². The first-order chi connectivity index (χ1) is 16.0. The van der Waals surface area contributed by atoms with Gasteiger partial charge in [0.2, 0.25) is 5.91 Å². The summed E-state index contributed by atoms with van der Waals surface area (Å²) in [6.07, 6.45) is 0.210. The molecule has 1 aliphatic heterocycles. The molecule has 4 rings (SSSR count). The van der Waals surface area contributed by atoms with E-state index in [1.807, 2.05) is 36.4 Å². The number of carbonyl (C=O) groups is 1. The van der Waals surface area contributed by atoms with Crippen molar-refractivity contribution in [1.82, 2.24) is 15.1 Å². The molecule has 3 aromatic carbocycles. The lowest BCUT2D eigenvalue weighted by Gasteiger charge is -2.32. The lowest BCUT2D eigenvalue weighted by molar-refractivity contribution is -0.120. The Hall–Kier alpha value is -3.09. The lowest BCUT2D eigenvalue weighted by Crippen LogP contribution is -2.43. The number of carbonyl (C=O) groups excluding carboxylic acids is 1. The van der Waals surface area contributed by atoms with Crippen LogP contribution in [0.3, 0.4) is 0 Å². The zero-order chi connectivity index (χ0) is 23.2. The highest BCUT2D eigenvalue weighted by Gasteiger charge is 2.15. The molecule has 1 amide bonds. The molecule has 1 N–H and O–H groups in total. The minimum Gasteiger partial charge on any atom is -0.352 e. The summed E-state index contributed by atoms with van der Waals surface area (Å²) in [6, 6.07) is 19.0. The second-order valence-corrected chi connectivity index (χ2v) is 8.67. The lowest BCUT2D eigenvalue weighted by atomic mass is 10.0. The van der Waals surface area contributed by atoms with Gasteiger partial charge in [0.05, 0.1) is 6.42 Å². The predicted octanol–water partition coefficient (Wildman–Crippen LogP) is 4.24. The Kier molecular flexibility index (Phi) is 7.47. The number of amides is 1. The fourth-order valence-electron chi connectivity index (χ4n) is 4.05. The van der Waals surface area contributed by atoms with Crippen molar-refractivity contribution in [3.63, 3.8) is 0 Å². The molecule has 0 atom stereocenters. The predicted molar refractivity (Wildman–Crippen MR) is 127 cm³/mol. The third-order valence-corrected chi connectivity index (χ3v) is 6.04. The zero-order valence-corrected chi connectivity index (χ0v) is 18.9. The summed E-state index contributed by atoms with van der Waals surface area (Å²) in [6.45, 7) is 5.11. The van der Waals surface area contributed by atoms with E-state index >= 15 is 0 Å². The highest BCUT2D eigenvalue weighted by molar-refractivity contribution is 5.79. The van der Waals surface area contributed by atoms with Crippen molar-refractivity contribution < 1.29 is 13.6 Å². The Bertz CT molecular complexity index is 1090. The van der Waals surface area contributed by atoms with E-state index in [0.717, 1.165) is 49.4 Å². The van der Waals surface area contributed by atoms with E-state index < -0.39 is 0 Å². The van der Waals surface area contributed by atoms with Crippen LogP contribution in [-0.4, -0.2) is 48.9 Å². The number of piperazine rings is 1. The summed E-state index contributed by atoms with van der Waals surface area (Å²) in [5, 5.41) is 2.80. The van der Waals surface area contributed by atoms with Gasteiger partial charge < -0.3 is 10.2 Å². The van der Waals surface area contributed by atoms with Gasteiger partial charge in [0.1, 0.15) is 11.6 Å². The van der Waals surface area contributed by atoms with Crippen LogP contribution in [0.25, 0.3) is 11.1 Å². The monoisotopic (exact) mass is 449 g/mol. The maximum atomic E-state index is 14.8. The maximum Gasteiger partial charge on any atom is 0.224 e. The van der Waals surface area contributed by atoms with E-state index in [1.165, 1.54) is 12.1 Å². The summed E-state index contributed by atoms with van der Waals surface area (Å²) in [5.74, 6) is -0.703. The summed E-state index contributed by atoms with van der Waals surface area (Å²) in [5.41, 5.74) is 3.86. The van der Waals surface area contributed by atoms with Crippen molar-refractivity contribution in [1.29, 1.82) is 0 Å². The molecule has 33 heavy (non-hydrogen) atoms. The number of benzene rings is 3. The van der Waals surface area contributed by atoms with Gasteiger partial charge in [-0.1, -0.05) is 48.5 Å². The molecule has 6 heteroatoms. The van der Waals surface area contributed by atoms with Gasteiger partial charge in [-0.2, -0.15) is 0 Å². The van der Waals surface area contributed by atoms with Crippen molar-refractivity contribution in [3.8, 4) is 11.1 Å². The quantitative estimate of drug-likeness (QED) is 0.586. The van der Waals surface area contributed by atoms with E-state index in [0.29, 0.717) is 11.1 Å². The van der Waals surface area contributed by atoms with Crippen molar-refractivity contribution in [3.05, 3.63) is 95.1 Å². The second-order valence-electron chi connectivity index (χ2n) is 8.67. The Morgan fingerprint density at radius 3 is 2.30 bits per heavy atom. The van der Waals surface area contributed by atoms with E-state index in [1.54, 1.807) is 18.2 Å². The number of nitrogens with zero attached hydrogens (tertiary/aromatic N) is 2. The van der Waals surface area contributed by atoms with Crippen molar-refractivity contribution >= 4 is 5.91 Å². The van der Waals surface area contributed by atoms with Crippen molar-refractivity contribution in [2.24, 2.45) is 0 Å². The van der Waals surface area contributed by atoms with Gasteiger partial charge in [0.15, 0.2) is 0 Å². The average Bonchev–Trinajstić information content (AvgIpc) is 2.80. The molecule has 1 fully saturated rings. The van der Waals surface area contributed by atoms with Crippen LogP contribution < -0.4 is 5.32 Å². The largest absolute Gasteiger partial charge is 0.352 e. The van der Waals surface area contributed by atoms with Crippen LogP contribution in [0.2, 0.25) is 0 Å². The molecule has 0 spiro atoms. The third kappa shape index (κ3) is 6.46. The second kappa shape index (κ2) is 10.7. The van der Waals surface area contributed by atoms with Gasteiger partial charge in [-0.15, -0.1) is 0 Å². The van der Waals surface area contributed by atoms with Crippen LogP contribution in [0.5, 0.6) is 0 Å². The standard InChI is InChI=1S/C27H29F2N3O/c1-31-11-13-32(14-12-31)19-22-7-10-25(26(29)16-22)23-8-5-20(6-9-23)17-27(33)30-18-21-3-2-4-24(28)15-21/h2-10,15-16H,11-14,17-19H2,1H3,(H,30,33). The molecule has 0 bridgehead atoms. The summed E-state index contributed by atoms with van der Waals surface area (Å²) < 4.78 is 28.1. The maximum absolute atomic E-state index is 14.8. The van der Waals surface area contributed by atoms with Gasteiger partial charge in [-0.3, -0.25) is 9.69 Å². The summed E-state index contributed by atoms with van der Waals surface area (Å²) >= 11 is 0. The Morgan fingerprint density at radius 2 is 1.61 bits per heavy atom. The zero-order valence-electron chi connectivity index (χ0n) is 18.9. The first kappa shape index (κ1) is 23.1. The number of hydrogen-bond donors (Lipinski definition) is 1. The molecule has 1 saturated heterocycles. The van der Waals surface area contributed by atoms with Crippen LogP contribution >= 0.6 is 0 Å². The first-order valence-electron chi connectivity index (χ1n) is 11.3. The fraction of sp³-hybridized carbons (Fsp3) is 0.296. The van der Waals surface area contributed by atoms with Crippen molar-refractivity contribution in [2.45, 2.75) is 19.5 Å². The molecule has 172 valence electrons. The van der Waals surface area contributed by atoms with Crippen molar-refractivity contribution in [2.75, 3.05) is 33.2 Å². The fourth-order valence-corrected chi connectivity index (χ4v) is 4.05. The van der Waals surface area contributed by atoms with Gasteiger partial charge in [0, 0.05) is 44.8 Å². The Balaban J connectivity index is 1.33. The summed E-state index contributed by atoms with van der Waals surface area (Å²) in [4.78, 5) is 16.9. The van der Waals surface area contributed by atoms with Gasteiger partial charge in [-0.05, 0) is 47.5 Å². The van der Waals surface area contributed by atoms with E-state index in [-0.39, 0.29) is 30.5 Å². The number of rotatable bonds is 7. The van der Waals surface area contributed by atoms with Crippen LogP contribution in [0.15, 0.2) is 66.7 Å². The molecule has 4 nitrogen and oxygen atoms in total. The Morgan fingerprint density at radius 1 is 0.879 bits per heavy atom. The molecule has 0 unspecified atom stereocenters. The van der Waals surface area contributed by atoms with E-state index in [4.69, 9.17) is 0 Å². The number of nitrogens with one attached hydrogen (secondary N) is 1. The van der Waals surface area contributed by atoms with Gasteiger partial charge >= 0.3 is 0 Å². The summed E-state index contributed by atoms with van der Waals surface area (Å²) in [7, 11) is 2.12. The van der Waals surface area contributed by atoms with E-state index in [2.05, 4.69) is 22.2 Å². The highest BCUT2D eigenvalue weighted by Crippen LogP contribution is 2.25. The topological polar surface area (TPSA) is 35.6 Å². The molecule has 0 saturated carbocycles. The molecular formula is C27H29F2N3O. The molecule has 0 radical (unpaired) electrons. The molecule has 1 aliphatic rings. The highest BCUT2D eigenvalue weighted by atomic mass is 19.1. The Labute approximate surface area is 193 Å². The SMILES string of the molecule is CN1CCN(Cc2ccc(-c3ccc(CC(=O)NCc4cccc(F)c4)cc3)c(F)c2)CC1. The smallest absolute Gasteiger partial charge is 0.224 e. The number of halogens is 2. The molecule has 3 aromatic rings. The van der Waals surface area contributed by atoms with Crippen LogP contribution in [0.1, 0.15) is 16.7 Å². The van der Waals surface area contributed by atoms with Crippen LogP contribution in [0, 0.1) is 11.6 Å². The van der Waals surface area contributed by atoms with Crippen LogP contribution in [0.4, 0.5) is 8.78 Å². The van der Waals surface area contributed by atoms with Gasteiger partial charge in [0.25, 0.3) is 0 Å². The molecule has 0 aromatic heterocycles. The average molecular weight is 450 g/mol. The first-order valence-corrected chi connectivity index (χ1v) is 11.3. The van der Waals surface area contributed by atoms with Gasteiger partial charge in [-0.25, -0.2) is 8.78 Å². The molecular weight excluding hydrogens is 420 g/mol. The minimum absolute atomic E-state index is 0.147.